The quantitative estimate of drug-likeness (QED) is 0.308. The number of rotatable bonds is 3. The smallest absolute Gasteiger partial charge is 0.228 e. The van der Waals surface area contributed by atoms with Gasteiger partial charge in [-0.15, -0.1) is 16.4 Å². The second kappa shape index (κ2) is 7.40. The van der Waals surface area contributed by atoms with Crippen LogP contribution in [0.4, 0.5) is 0 Å². The van der Waals surface area contributed by atoms with Crippen molar-refractivity contribution in [2.24, 2.45) is 0 Å². The number of fused-ring (bicyclic) bond motifs is 6. The third-order valence-electron chi connectivity index (χ3n) is 6.29. The number of nitrogens with zero attached hydrogens (tertiary/aromatic N) is 4. The Morgan fingerprint density at radius 3 is 2.65 bits per heavy atom. The van der Waals surface area contributed by atoms with Gasteiger partial charge in [-0.1, -0.05) is 48.5 Å². The van der Waals surface area contributed by atoms with E-state index in [0.29, 0.717) is 11.7 Å². The molecule has 3 aromatic carbocycles. The summed E-state index contributed by atoms with van der Waals surface area (Å²) < 4.78 is 13.5. The van der Waals surface area contributed by atoms with Gasteiger partial charge in [0.25, 0.3) is 0 Å². The van der Waals surface area contributed by atoms with E-state index in [1.165, 1.54) is 0 Å². The Balaban J connectivity index is 1.54. The third kappa shape index (κ3) is 2.84. The van der Waals surface area contributed by atoms with Gasteiger partial charge in [-0.25, -0.2) is 14.5 Å². The van der Waals surface area contributed by atoms with Crippen molar-refractivity contribution >= 4 is 27.8 Å². The van der Waals surface area contributed by atoms with Crippen LogP contribution in [-0.2, 0) is 0 Å². The fourth-order valence-corrected chi connectivity index (χ4v) is 5.40. The van der Waals surface area contributed by atoms with Crippen LogP contribution in [0.25, 0.3) is 27.1 Å². The molecule has 0 saturated carbocycles. The van der Waals surface area contributed by atoms with Crippen LogP contribution in [-0.4, -0.2) is 26.7 Å². The molecule has 0 radical (unpaired) electrons. The van der Waals surface area contributed by atoms with Gasteiger partial charge >= 0.3 is 0 Å². The van der Waals surface area contributed by atoms with Crippen LogP contribution in [0.1, 0.15) is 22.6 Å². The lowest BCUT2D eigenvalue weighted by Crippen LogP contribution is -2.15. The van der Waals surface area contributed by atoms with E-state index in [9.17, 15) is 0 Å². The molecule has 164 valence electrons. The maximum Gasteiger partial charge on any atom is 0.228 e. The summed E-state index contributed by atoms with van der Waals surface area (Å²) in [4.78, 5) is 10.6. The first-order chi connectivity index (χ1) is 16.8. The molecule has 4 heterocycles. The summed E-state index contributed by atoms with van der Waals surface area (Å²) >= 11 is 1.62. The van der Waals surface area contributed by atoms with E-state index in [0.717, 1.165) is 49.5 Å². The number of aromatic nitrogens is 4. The summed E-state index contributed by atoms with van der Waals surface area (Å²) in [6.07, 6.45) is 1.68. The summed E-state index contributed by atoms with van der Waals surface area (Å²) in [7, 11) is 1.68. The predicted molar refractivity (Wildman–Crippen MR) is 132 cm³/mol. The molecule has 0 amide bonds. The predicted octanol–water partition coefficient (Wildman–Crippen LogP) is 6.30. The van der Waals surface area contributed by atoms with Gasteiger partial charge < -0.3 is 9.47 Å². The van der Waals surface area contributed by atoms with Crippen LogP contribution in [0, 0.1) is 0 Å². The highest BCUT2D eigenvalue weighted by Crippen LogP contribution is 2.50. The van der Waals surface area contributed by atoms with E-state index >= 15 is 0 Å². The van der Waals surface area contributed by atoms with Crippen LogP contribution >= 0.6 is 11.3 Å². The van der Waals surface area contributed by atoms with Gasteiger partial charge in [-0.3, -0.25) is 0 Å². The molecule has 1 atom stereocenters. The standard InChI is InChI=1S/C27H18N4O2S/c1-32-18-11-8-17(9-12-18)22-23-19-6-3-2-5-16(19)10-13-20(23)33-27-24(22)26-29-25(21-7-4-14-34-21)30-31(26)15-28-27/h2-15,22H,1H3/t22-/m1/s1. The molecule has 7 rings (SSSR count). The number of hydrogen-bond donors (Lipinski definition) is 0. The number of thiophene rings is 1. The van der Waals surface area contributed by atoms with E-state index in [1.807, 2.05) is 35.7 Å². The van der Waals surface area contributed by atoms with E-state index < -0.39 is 0 Å². The highest BCUT2D eigenvalue weighted by atomic mass is 32.1. The summed E-state index contributed by atoms with van der Waals surface area (Å²) in [5.41, 5.74) is 3.87. The van der Waals surface area contributed by atoms with Crippen molar-refractivity contribution in [1.29, 1.82) is 0 Å². The fourth-order valence-electron chi connectivity index (χ4n) is 4.74. The molecule has 0 unspecified atom stereocenters. The highest BCUT2D eigenvalue weighted by molar-refractivity contribution is 7.13. The van der Waals surface area contributed by atoms with Gasteiger partial charge in [-0.05, 0) is 46.0 Å². The van der Waals surface area contributed by atoms with E-state index in [1.54, 1.807) is 29.3 Å². The first-order valence-electron chi connectivity index (χ1n) is 10.9. The van der Waals surface area contributed by atoms with Gasteiger partial charge in [0.15, 0.2) is 11.5 Å². The lowest BCUT2D eigenvalue weighted by molar-refractivity contribution is 0.414. The van der Waals surface area contributed by atoms with E-state index in [-0.39, 0.29) is 5.92 Å². The normalized spacial score (nSPS) is 14.6. The molecule has 7 heteroatoms. The molecule has 0 spiro atoms. The Labute approximate surface area is 199 Å². The van der Waals surface area contributed by atoms with Crippen molar-refractivity contribution in [1.82, 2.24) is 19.6 Å². The number of benzene rings is 3. The zero-order valence-corrected chi connectivity index (χ0v) is 19.0. The molecular weight excluding hydrogens is 444 g/mol. The van der Waals surface area contributed by atoms with Gasteiger partial charge in [0.2, 0.25) is 5.88 Å². The Morgan fingerprint density at radius 2 is 1.82 bits per heavy atom. The molecule has 0 fully saturated rings. The third-order valence-corrected chi connectivity index (χ3v) is 7.16. The Hall–Kier alpha value is -4.23. The minimum absolute atomic E-state index is 0.132. The number of hydrogen-bond acceptors (Lipinski definition) is 6. The highest BCUT2D eigenvalue weighted by Gasteiger charge is 2.34. The maximum absolute atomic E-state index is 6.38. The Morgan fingerprint density at radius 1 is 0.941 bits per heavy atom. The molecule has 3 aromatic heterocycles. The zero-order chi connectivity index (χ0) is 22.6. The Bertz CT molecular complexity index is 1670. The van der Waals surface area contributed by atoms with Crippen molar-refractivity contribution in [2.45, 2.75) is 5.92 Å². The summed E-state index contributed by atoms with van der Waals surface area (Å²) in [6.45, 7) is 0. The van der Waals surface area contributed by atoms with Crippen LogP contribution in [0.2, 0.25) is 0 Å². The van der Waals surface area contributed by atoms with Crippen LogP contribution in [0.5, 0.6) is 17.4 Å². The largest absolute Gasteiger partial charge is 0.497 e. The van der Waals surface area contributed by atoms with Gasteiger partial charge in [0.1, 0.15) is 17.8 Å². The van der Waals surface area contributed by atoms with Crippen LogP contribution in [0.15, 0.2) is 84.5 Å². The average molecular weight is 463 g/mol. The maximum atomic E-state index is 6.38. The topological polar surface area (TPSA) is 61.5 Å². The lowest BCUT2D eigenvalue weighted by atomic mass is 9.81. The van der Waals surface area contributed by atoms with Gasteiger partial charge in [0.05, 0.1) is 17.6 Å². The molecule has 0 saturated heterocycles. The summed E-state index contributed by atoms with van der Waals surface area (Å²) in [5, 5.41) is 9.05. The van der Waals surface area contributed by atoms with Crippen molar-refractivity contribution in [2.75, 3.05) is 7.11 Å². The van der Waals surface area contributed by atoms with Crippen LogP contribution < -0.4 is 9.47 Å². The van der Waals surface area contributed by atoms with Gasteiger partial charge in [-0.2, -0.15) is 0 Å². The molecule has 1 aliphatic rings. The van der Waals surface area contributed by atoms with Crippen molar-refractivity contribution in [3.05, 3.63) is 101 Å². The number of ether oxygens (including phenoxy) is 2. The fraction of sp³-hybridized carbons (Fsp3) is 0.0741. The molecule has 0 aliphatic carbocycles. The zero-order valence-electron chi connectivity index (χ0n) is 18.2. The lowest BCUT2D eigenvalue weighted by Gasteiger charge is -2.29. The molecule has 6 nitrogen and oxygen atoms in total. The molecule has 0 N–H and O–H groups in total. The minimum Gasteiger partial charge on any atom is -0.497 e. The molecular formula is C27H18N4O2S. The summed E-state index contributed by atoms with van der Waals surface area (Å²) in [6, 6.07) is 24.7. The molecule has 1 aliphatic heterocycles. The van der Waals surface area contributed by atoms with Gasteiger partial charge in [0, 0.05) is 11.5 Å². The average Bonchev–Trinajstić information content (AvgIpc) is 3.57. The second-order valence-electron chi connectivity index (χ2n) is 8.15. The van der Waals surface area contributed by atoms with Crippen LogP contribution in [0.3, 0.4) is 0 Å². The summed E-state index contributed by atoms with van der Waals surface area (Å²) in [5.74, 6) is 2.73. The SMILES string of the molecule is COc1ccc([C@@H]2c3c(ccc4ccccc34)Oc3ncn4nc(-c5cccs5)nc4c32)cc1. The first kappa shape index (κ1) is 19.3. The van der Waals surface area contributed by atoms with E-state index in [2.05, 4.69) is 47.4 Å². The Kier molecular flexibility index (Phi) is 4.19. The second-order valence-corrected chi connectivity index (χ2v) is 9.10. The minimum atomic E-state index is -0.132. The van der Waals surface area contributed by atoms with Crippen molar-refractivity contribution < 1.29 is 9.47 Å². The first-order valence-corrected chi connectivity index (χ1v) is 11.8. The number of methoxy groups -OCH3 is 1. The van der Waals surface area contributed by atoms with Crippen molar-refractivity contribution in [3.63, 3.8) is 0 Å². The van der Waals surface area contributed by atoms with E-state index in [4.69, 9.17) is 19.6 Å². The molecule has 6 aromatic rings. The van der Waals surface area contributed by atoms with Crippen molar-refractivity contribution in [3.8, 4) is 28.1 Å². The molecule has 0 bridgehead atoms. The monoisotopic (exact) mass is 462 g/mol. The molecule has 34 heavy (non-hydrogen) atoms.